The molecule has 1 aromatic carbocycles. The summed E-state index contributed by atoms with van der Waals surface area (Å²) in [6, 6.07) is 9.64. The number of fused-ring (bicyclic) bond motifs is 1. The molecule has 10 nitrogen and oxygen atoms in total. The number of nitrogens with zero attached hydrogens (tertiary/aromatic N) is 1. The normalized spacial score (nSPS) is 24.1. The molecule has 1 aliphatic rings. The molecule has 0 aliphatic carbocycles. The molecule has 3 heterocycles. The quantitative estimate of drug-likeness (QED) is 0.478. The number of rotatable bonds is 5. The number of aliphatic hydroxyl groups excluding tert-OH is 2. The van der Waals surface area contributed by atoms with Crippen LogP contribution in [0.2, 0.25) is 0 Å². The van der Waals surface area contributed by atoms with Crippen LogP contribution in [0.1, 0.15) is 29.9 Å². The molecule has 4 atom stereocenters. The predicted octanol–water partition coefficient (Wildman–Crippen LogP) is 2.00. The number of ether oxygens (including phenoxy) is 3. The van der Waals surface area contributed by atoms with Crippen molar-refractivity contribution < 1.29 is 33.6 Å². The van der Waals surface area contributed by atoms with Crippen LogP contribution in [0.15, 0.2) is 51.8 Å². The van der Waals surface area contributed by atoms with Crippen molar-refractivity contribution in [1.29, 1.82) is 0 Å². The Morgan fingerprint density at radius 2 is 1.94 bits per heavy atom. The average molecular weight is 470 g/mol. The first-order valence-corrected chi connectivity index (χ1v) is 10.7. The summed E-state index contributed by atoms with van der Waals surface area (Å²) < 4.78 is 22.5. The van der Waals surface area contributed by atoms with Crippen molar-refractivity contribution in [3.05, 3.63) is 64.3 Å². The van der Waals surface area contributed by atoms with Crippen molar-refractivity contribution in [2.45, 2.75) is 51.0 Å². The highest BCUT2D eigenvalue weighted by atomic mass is 16.7. The zero-order chi connectivity index (χ0) is 24.6. The minimum atomic E-state index is -1.37. The molecule has 0 unspecified atom stereocenters. The van der Waals surface area contributed by atoms with Crippen molar-refractivity contribution in [2.24, 2.45) is 0 Å². The molecule has 2 aromatic heterocycles. The summed E-state index contributed by atoms with van der Waals surface area (Å²) in [7, 11) is 1.43. The van der Waals surface area contributed by atoms with Crippen molar-refractivity contribution >= 4 is 22.6 Å². The summed E-state index contributed by atoms with van der Waals surface area (Å²) in [6.45, 7) is 5.13. The summed E-state index contributed by atoms with van der Waals surface area (Å²) in [4.78, 5) is 28.9. The van der Waals surface area contributed by atoms with Gasteiger partial charge in [-0.3, -0.25) is 9.78 Å². The van der Waals surface area contributed by atoms with Gasteiger partial charge in [0.05, 0.1) is 5.60 Å². The van der Waals surface area contributed by atoms with Crippen LogP contribution in [-0.4, -0.2) is 58.4 Å². The first kappa shape index (κ1) is 23.8. The highest BCUT2D eigenvalue weighted by molar-refractivity contribution is 6.03. The molecule has 180 valence electrons. The van der Waals surface area contributed by atoms with Gasteiger partial charge in [-0.1, -0.05) is 6.07 Å². The fourth-order valence-electron chi connectivity index (χ4n) is 4.03. The van der Waals surface area contributed by atoms with Gasteiger partial charge in [0, 0.05) is 24.3 Å². The molecule has 3 aromatic rings. The average Bonchev–Trinajstić information content (AvgIpc) is 2.80. The number of aromatic nitrogens is 1. The maximum absolute atomic E-state index is 12.5. The van der Waals surface area contributed by atoms with E-state index >= 15 is 0 Å². The Hall–Kier alpha value is -3.31. The SMILES string of the molecule is CO[C@@H]1[C@@H](O)[C@@H](O)[C@H](Oc2ccc3cc(NC(=O)c4ccccn4)c(=O)oc3c2C)OC1(C)C. The largest absolute Gasteiger partial charge is 0.462 e. The third kappa shape index (κ3) is 4.40. The summed E-state index contributed by atoms with van der Waals surface area (Å²) in [5.74, 6) is -0.244. The van der Waals surface area contributed by atoms with Crippen molar-refractivity contribution in [3.8, 4) is 5.75 Å². The molecular formula is C24H26N2O8. The lowest BCUT2D eigenvalue weighted by Gasteiger charge is -2.46. The van der Waals surface area contributed by atoms with Gasteiger partial charge in [0.15, 0.2) is 0 Å². The molecule has 1 aliphatic heterocycles. The third-order valence-electron chi connectivity index (χ3n) is 5.79. The van der Waals surface area contributed by atoms with Crippen LogP contribution in [0.4, 0.5) is 5.69 Å². The van der Waals surface area contributed by atoms with Crippen LogP contribution >= 0.6 is 0 Å². The summed E-state index contributed by atoms with van der Waals surface area (Å²) >= 11 is 0. The molecular weight excluding hydrogens is 444 g/mol. The topological polar surface area (TPSA) is 140 Å². The van der Waals surface area contributed by atoms with Crippen LogP contribution in [-0.2, 0) is 9.47 Å². The standard InChI is InChI=1S/C24H26N2O8/c1-12-16(32-23-18(28)17(27)20(31-4)24(2,3)34-23)9-8-13-11-15(22(30)33-19(12)13)26-21(29)14-7-5-6-10-25-14/h5-11,17-18,20,23,27-28H,1-4H3,(H,26,29)/t17-,18+,20+,23+/m0/s1. The smallest absolute Gasteiger partial charge is 0.360 e. The molecule has 1 saturated heterocycles. The highest BCUT2D eigenvalue weighted by Gasteiger charge is 2.50. The molecule has 3 N–H and O–H groups in total. The van der Waals surface area contributed by atoms with Crippen LogP contribution < -0.4 is 15.7 Å². The summed E-state index contributed by atoms with van der Waals surface area (Å²) in [5.41, 5.74) is -0.819. The maximum atomic E-state index is 12.5. The van der Waals surface area contributed by atoms with E-state index in [0.29, 0.717) is 16.7 Å². The van der Waals surface area contributed by atoms with Gasteiger partial charge in [-0.2, -0.15) is 0 Å². The van der Waals surface area contributed by atoms with Crippen molar-refractivity contribution in [2.75, 3.05) is 12.4 Å². The fraction of sp³-hybridized carbons (Fsp3) is 0.375. The molecule has 0 bridgehead atoms. The lowest BCUT2D eigenvalue weighted by atomic mass is 9.89. The van der Waals surface area contributed by atoms with Crippen LogP contribution in [0.25, 0.3) is 11.0 Å². The van der Waals surface area contributed by atoms with E-state index in [-0.39, 0.29) is 17.0 Å². The number of amides is 1. The zero-order valence-electron chi connectivity index (χ0n) is 19.1. The number of aliphatic hydroxyl groups is 2. The Bertz CT molecular complexity index is 1260. The van der Waals surface area contributed by atoms with Gasteiger partial charge < -0.3 is 34.2 Å². The Labute approximate surface area is 195 Å². The Morgan fingerprint density at radius 3 is 2.62 bits per heavy atom. The minimum Gasteiger partial charge on any atom is -0.462 e. The number of hydrogen-bond acceptors (Lipinski definition) is 9. The first-order valence-electron chi connectivity index (χ1n) is 10.7. The number of aryl methyl sites for hydroxylation is 1. The molecule has 1 fully saturated rings. The van der Waals surface area contributed by atoms with E-state index in [0.717, 1.165) is 0 Å². The van der Waals surface area contributed by atoms with Gasteiger partial charge in [0.2, 0.25) is 6.29 Å². The number of nitrogens with one attached hydrogen (secondary N) is 1. The Balaban J connectivity index is 1.60. The molecule has 0 saturated carbocycles. The van der Waals surface area contributed by atoms with Crippen molar-refractivity contribution in [1.82, 2.24) is 4.98 Å². The number of methoxy groups -OCH3 is 1. The third-order valence-corrected chi connectivity index (χ3v) is 5.79. The van der Waals surface area contributed by atoms with E-state index < -0.39 is 41.7 Å². The second kappa shape index (κ2) is 9.15. The Kier molecular flexibility index (Phi) is 6.41. The first-order chi connectivity index (χ1) is 16.1. The summed E-state index contributed by atoms with van der Waals surface area (Å²) in [5, 5.41) is 24.0. The van der Waals surface area contributed by atoms with E-state index in [9.17, 15) is 19.8 Å². The van der Waals surface area contributed by atoms with Gasteiger partial charge in [-0.25, -0.2) is 4.79 Å². The number of pyridine rings is 1. The molecule has 1 amide bonds. The second-order valence-corrected chi connectivity index (χ2v) is 8.57. The van der Waals surface area contributed by atoms with Gasteiger partial charge >= 0.3 is 5.63 Å². The lowest BCUT2D eigenvalue weighted by molar-refractivity contribution is -0.306. The van der Waals surface area contributed by atoms with E-state index in [1.165, 1.54) is 25.4 Å². The number of anilines is 1. The minimum absolute atomic E-state index is 0.0299. The van der Waals surface area contributed by atoms with Gasteiger partial charge in [0.1, 0.15) is 41.0 Å². The zero-order valence-corrected chi connectivity index (χ0v) is 19.1. The molecule has 10 heteroatoms. The van der Waals surface area contributed by atoms with E-state index in [1.54, 1.807) is 45.0 Å². The molecule has 0 spiro atoms. The fourth-order valence-corrected chi connectivity index (χ4v) is 4.03. The molecule has 34 heavy (non-hydrogen) atoms. The van der Waals surface area contributed by atoms with Crippen LogP contribution in [0.5, 0.6) is 5.75 Å². The highest BCUT2D eigenvalue weighted by Crippen LogP contribution is 2.35. The van der Waals surface area contributed by atoms with E-state index in [4.69, 9.17) is 18.6 Å². The van der Waals surface area contributed by atoms with Gasteiger partial charge in [-0.05, 0) is 51.1 Å². The number of carbonyl (C=O) groups excluding carboxylic acids is 1. The van der Waals surface area contributed by atoms with E-state index in [1.807, 2.05) is 0 Å². The predicted molar refractivity (Wildman–Crippen MR) is 122 cm³/mol. The Morgan fingerprint density at radius 1 is 1.18 bits per heavy atom. The maximum Gasteiger partial charge on any atom is 0.360 e. The number of hydrogen-bond donors (Lipinski definition) is 3. The van der Waals surface area contributed by atoms with Crippen LogP contribution in [0, 0.1) is 6.92 Å². The summed E-state index contributed by atoms with van der Waals surface area (Å²) in [6.07, 6.45) is -3.06. The second-order valence-electron chi connectivity index (χ2n) is 8.57. The van der Waals surface area contributed by atoms with Gasteiger partial charge in [-0.15, -0.1) is 0 Å². The van der Waals surface area contributed by atoms with Crippen molar-refractivity contribution in [3.63, 3.8) is 0 Å². The van der Waals surface area contributed by atoms with Crippen LogP contribution in [0.3, 0.4) is 0 Å². The number of carbonyl (C=O) groups is 1. The molecule has 4 rings (SSSR count). The monoisotopic (exact) mass is 470 g/mol. The van der Waals surface area contributed by atoms with E-state index in [2.05, 4.69) is 10.3 Å². The van der Waals surface area contributed by atoms with Gasteiger partial charge in [0.25, 0.3) is 5.91 Å². The number of benzene rings is 1. The molecule has 0 radical (unpaired) electrons. The lowest BCUT2D eigenvalue weighted by Crippen LogP contribution is -2.63.